The van der Waals surface area contributed by atoms with Crippen molar-refractivity contribution in [2.45, 2.75) is 35.9 Å². The Morgan fingerprint density at radius 1 is 1.15 bits per heavy atom. The molecule has 2 aliphatic heterocycles. The number of thiophene rings is 1. The molecule has 3 rings (SSSR count). The number of hydrogen-bond acceptors (Lipinski definition) is 5. The highest BCUT2D eigenvalue weighted by Gasteiger charge is 2.32. The van der Waals surface area contributed by atoms with Crippen LogP contribution in [0, 0.1) is 0 Å². The van der Waals surface area contributed by atoms with Crippen LogP contribution in [0.25, 0.3) is 0 Å². The second kappa shape index (κ2) is 5.63. The van der Waals surface area contributed by atoms with Crippen LogP contribution in [0.4, 0.5) is 5.69 Å². The van der Waals surface area contributed by atoms with Gasteiger partial charge in [0.1, 0.15) is 4.21 Å². The van der Waals surface area contributed by atoms with Crippen LogP contribution in [0.1, 0.15) is 25.7 Å². The van der Waals surface area contributed by atoms with Gasteiger partial charge in [-0.1, -0.05) is 0 Å². The maximum Gasteiger partial charge on any atom is 0.252 e. The number of sulfonamides is 1. The topological polar surface area (TPSA) is 66.6 Å². The molecule has 1 aromatic heterocycles. The van der Waals surface area contributed by atoms with Crippen molar-refractivity contribution >= 4 is 27.0 Å². The monoisotopic (exact) mass is 315 g/mol. The van der Waals surface area contributed by atoms with Gasteiger partial charge in [-0.05, 0) is 44.8 Å². The minimum atomic E-state index is -3.33. The molecule has 112 valence electrons. The molecular weight excluding hydrogens is 294 g/mol. The summed E-state index contributed by atoms with van der Waals surface area (Å²) in [6.07, 6.45) is 4.46. The first-order valence-corrected chi connectivity index (χ1v) is 9.47. The second-order valence-corrected chi connectivity index (χ2v) is 8.65. The molecule has 20 heavy (non-hydrogen) atoms. The number of nitrogens with zero attached hydrogens (tertiary/aromatic N) is 2. The van der Waals surface area contributed by atoms with Gasteiger partial charge >= 0.3 is 0 Å². The van der Waals surface area contributed by atoms with Crippen LogP contribution in [-0.2, 0) is 10.0 Å². The highest BCUT2D eigenvalue weighted by molar-refractivity contribution is 7.91. The van der Waals surface area contributed by atoms with Gasteiger partial charge in [-0.25, -0.2) is 8.42 Å². The first kappa shape index (κ1) is 14.3. The summed E-state index contributed by atoms with van der Waals surface area (Å²) in [5.74, 6) is 0. The summed E-state index contributed by atoms with van der Waals surface area (Å²) in [7, 11) is -3.33. The lowest BCUT2D eigenvalue weighted by molar-refractivity contribution is 0.168. The summed E-state index contributed by atoms with van der Waals surface area (Å²) in [5, 5.41) is 1.68. The van der Waals surface area contributed by atoms with Crippen molar-refractivity contribution < 1.29 is 8.42 Å². The fourth-order valence-corrected chi connectivity index (χ4v) is 5.85. The molecule has 1 aromatic rings. The average Bonchev–Trinajstić information content (AvgIpc) is 3.10. The van der Waals surface area contributed by atoms with Gasteiger partial charge in [0, 0.05) is 30.2 Å². The van der Waals surface area contributed by atoms with E-state index < -0.39 is 10.0 Å². The maximum absolute atomic E-state index is 12.5. The number of nitrogens with two attached hydrogens (primary N) is 1. The number of likely N-dealkylation sites (tertiary alicyclic amines) is 1. The summed E-state index contributed by atoms with van der Waals surface area (Å²) in [6.45, 7) is 3.61. The zero-order chi connectivity index (χ0) is 14.2. The molecule has 0 aliphatic carbocycles. The Labute approximate surface area is 124 Å². The van der Waals surface area contributed by atoms with Gasteiger partial charge in [-0.15, -0.1) is 11.3 Å². The normalized spacial score (nSPS) is 23.4. The van der Waals surface area contributed by atoms with Crippen molar-refractivity contribution in [3.8, 4) is 0 Å². The molecule has 3 heterocycles. The van der Waals surface area contributed by atoms with Gasteiger partial charge in [0.25, 0.3) is 10.0 Å². The van der Waals surface area contributed by atoms with E-state index in [4.69, 9.17) is 5.73 Å². The van der Waals surface area contributed by atoms with Crippen molar-refractivity contribution in [1.29, 1.82) is 0 Å². The third-order valence-electron chi connectivity index (χ3n) is 4.27. The Balaban J connectivity index is 1.65. The van der Waals surface area contributed by atoms with Gasteiger partial charge in [0.2, 0.25) is 0 Å². The molecule has 0 bridgehead atoms. The molecule has 7 heteroatoms. The Bertz CT molecular complexity index is 556. The summed E-state index contributed by atoms with van der Waals surface area (Å²) in [6, 6.07) is 2.13. The van der Waals surface area contributed by atoms with E-state index in [0.717, 1.165) is 12.8 Å². The first-order chi connectivity index (χ1) is 9.57. The van der Waals surface area contributed by atoms with Crippen LogP contribution in [0.2, 0.25) is 0 Å². The third-order valence-corrected chi connectivity index (χ3v) is 7.60. The quantitative estimate of drug-likeness (QED) is 0.919. The van der Waals surface area contributed by atoms with Gasteiger partial charge in [-0.3, -0.25) is 0 Å². The summed E-state index contributed by atoms with van der Waals surface area (Å²) in [5.41, 5.74) is 6.16. The van der Waals surface area contributed by atoms with Crippen LogP contribution in [0.3, 0.4) is 0 Å². The van der Waals surface area contributed by atoms with Gasteiger partial charge in [-0.2, -0.15) is 4.31 Å². The molecular formula is C13H21N3O2S2. The lowest BCUT2D eigenvalue weighted by atomic mass is 10.1. The molecule has 2 fully saturated rings. The van der Waals surface area contributed by atoms with Crippen molar-refractivity contribution in [3.63, 3.8) is 0 Å². The van der Waals surface area contributed by atoms with Crippen LogP contribution in [0.15, 0.2) is 15.7 Å². The van der Waals surface area contributed by atoms with Crippen molar-refractivity contribution in [2.75, 3.05) is 31.9 Å². The number of rotatable bonds is 3. The van der Waals surface area contributed by atoms with Crippen LogP contribution in [-0.4, -0.2) is 49.8 Å². The smallest absolute Gasteiger partial charge is 0.252 e. The zero-order valence-corrected chi connectivity index (χ0v) is 13.1. The number of hydrogen-bond donors (Lipinski definition) is 1. The summed E-state index contributed by atoms with van der Waals surface area (Å²) < 4.78 is 27.0. The molecule has 0 aromatic carbocycles. The third kappa shape index (κ3) is 2.72. The number of piperidine rings is 1. The molecule has 2 aliphatic rings. The number of nitrogen functional groups attached to an aromatic ring is 1. The lowest BCUT2D eigenvalue weighted by Crippen LogP contribution is -2.45. The lowest BCUT2D eigenvalue weighted by Gasteiger charge is -2.35. The van der Waals surface area contributed by atoms with E-state index >= 15 is 0 Å². The molecule has 0 unspecified atom stereocenters. The largest absolute Gasteiger partial charge is 0.398 e. The summed E-state index contributed by atoms with van der Waals surface area (Å²) in [4.78, 5) is 2.52. The Morgan fingerprint density at radius 2 is 1.80 bits per heavy atom. The Hall–Kier alpha value is -0.630. The SMILES string of the molecule is Nc1csc(S(=O)(=O)N2CCC(N3CCCC3)CC2)c1. The second-order valence-electron chi connectivity index (χ2n) is 5.58. The van der Waals surface area contributed by atoms with Gasteiger partial charge < -0.3 is 10.6 Å². The molecule has 5 nitrogen and oxygen atoms in total. The molecule has 0 radical (unpaired) electrons. The molecule has 0 amide bonds. The molecule has 0 atom stereocenters. The summed E-state index contributed by atoms with van der Waals surface area (Å²) >= 11 is 1.21. The minimum absolute atomic E-state index is 0.370. The molecule has 2 saturated heterocycles. The number of anilines is 1. The van der Waals surface area contributed by atoms with E-state index in [0.29, 0.717) is 29.0 Å². The highest BCUT2D eigenvalue weighted by atomic mass is 32.2. The van der Waals surface area contributed by atoms with E-state index in [1.165, 1.54) is 37.3 Å². The molecule has 0 spiro atoms. The van der Waals surface area contributed by atoms with Gasteiger partial charge in [0.05, 0.1) is 0 Å². The van der Waals surface area contributed by atoms with E-state index in [2.05, 4.69) is 4.90 Å². The van der Waals surface area contributed by atoms with Crippen LogP contribution in [0.5, 0.6) is 0 Å². The molecule has 0 saturated carbocycles. The van der Waals surface area contributed by atoms with Crippen LogP contribution < -0.4 is 5.73 Å². The van der Waals surface area contributed by atoms with E-state index in [1.54, 1.807) is 15.8 Å². The molecule has 2 N–H and O–H groups in total. The van der Waals surface area contributed by atoms with E-state index in [9.17, 15) is 8.42 Å². The highest BCUT2D eigenvalue weighted by Crippen LogP contribution is 2.29. The van der Waals surface area contributed by atoms with E-state index in [-0.39, 0.29) is 0 Å². The minimum Gasteiger partial charge on any atom is -0.398 e. The van der Waals surface area contributed by atoms with Gasteiger partial charge in [0.15, 0.2) is 0 Å². The predicted molar refractivity (Wildman–Crippen MR) is 81.3 cm³/mol. The fraction of sp³-hybridized carbons (Fsp3) is 0.692. The van der Waals surface area contributed by atoms with Crippen molar-refractivity contribution in [2.24, 2.45) is 0 Å². The van der Waals surface area contributed by atoms with Crippen molar-refractivity contribution in [1.82, 2.24) is 9.21 Å². The van der Waals surface area contributed by atoms with E-state index in [1.807, 2.05) is 0 Å². The Morgan fingerprint density at radius 3 is 2.35 bits per heavy atom. The zero-order valence-electron chi connectivity index (χ0n) is 11.5. The Kier molecular flexibility index (Phi) is 4.03. The predicted octanol–water partition coefficient (Wildman–Crippen LogP) is 1.58. The fourth-order valence-electron chi connectivity index (χ4n) is 3.15. The maximum atomic E-state index is 12.5. The standard InChI is InChI=1S/C13H21N3O2S2/c14-11-9-13(19-10-11)20(17,18)16-7-3-12(4-8-16)15-5-1-2-6-15/h9-10,12H,1-8,14H2. The van der Waals surface area contributed by atoms with Crippen molar-refractivity contribution in [3.05, 3.63) is 11.4 Å². The average molecular weight is 315 g/mol. The van der Waals surface area contributed by atoms with Crippen LogP contribution >= 0.6 is 11.3 Å². The first-order valence-electron chi connectivity index (χ1n) is 7.15.